The predicted molar refractivity (Wildman–Crippen MR) is 65.1 cm³/mol. The molecule has 1 aromatic rings. The average molecular weight is 226 g/mol. The lowest BCUT2D eigenvalue weighted by Crippen LogP contribution is -2.14. The van der Waals surface area contributed by atoms with Gasteiger partial charge in [-0.3, -0.25) is 0 Å². The quantitative estimate of drug-likeness (QED) is 0.723. The molecule has 92 valence electrons. The van der Waals surface area contributed by atoms with E-state index < -0.39 is 0 Å². The van der Waals surface area contributed by atoms with Gasteiger partial charge in [-0.1, -0.05) is 6.92 Å². The van der Waals surface area contributed by atoms with Gasteiger partial charge in [0.2, 0.25) is 0 Å². The lowest BCUT2D eigenvalue weighted by Gasteiger charge is -2.12. The van der Waals surface area contributed by atoms with Gasteiger partial charge in [0.15, 0.2) is 0 Å². The molecule has 3 N–H and O–H groups in total. The van der Waals surface area contributed by atoms with Crippen LogP contribution in [0.25, 0.3) is 0 Å². The molecule has 0 aromatic carbocycles. The van der Waals surface area contributed by atoms with Crippen molar-refractivity contribution in [3.63, 3.8) is 0 Å². The summed E-state index contributed by atoms with van der Waals surface area (Å²) in [4.78, 5) is 0. The molecule has 0 amide bonds. The highest BCUT2D eigenvalue weighted by molar-refractivity contribution is 5.38. The van der Waals surface area contributed by atoms with Crippen molar-refractivity contribution in [3.05, 3.63) is 11.8 Å². The lowest BCUT2D eigenvalue weighted by molar-refractivity contribution is 0.175. The van der Waals surface area contributed by atoms with E-state index in [0.29, 0.717) is 5.92 Å². The van der Waals surface area contributed by atoms with Crippen LogP contribution in [0.2, 0.25) is 0 Å². The van der Waals surface area contributed by atoms with Crippen LogP contribution < -0.4 is 11.1 Å². The number of ether oxygens (including phenoxy) is 1. The minimum atomic E-state index is 0.518. The molecule has 0 bridgehead atoms. The fraction of sp³-hybridized carbons (Fsp3) is 0.727. The number of rotatable bonds is 7. The number of nitrogens with two attached hydrogens (primary N) is 1. The molecule has 5 heteroatoms. The maximum absolute atomic E-state index is 6.00. The zero-order valence-corrected chi connectivity index (χ0v) is 10.4. The summed E-state index contributed by atoms with van der Waals surface area (Å²) in [6.45, 7) is 4.57. The Bertz CT molecular complexity index is 311. The number of aromatic nitrogens is 2. The van der Waals surface area contributed by atoms with Crippen molar-refractivity contribution in [2.45, 2.75) is 26.4 Å². The van der Waals surface area contributed by atoms with Crippen LogP contribution in [0.15, 0.2) is 6.20 Å². The molecule has 1 rings (SSSR count). The Morgan fingerprint density at radius 3 is 3.00 bits per heavy atom. The van der Waals surface area contributed by atoms with Gasteiger partial charge in [-0.05, 0) is 19.4 Å². The lowest BCUT2D eigenvalue weighted by atomic mass is 10.1. The summed E-state index contributed by atoms with van der Waals surface area (Å²) in [6, 6.07) is 0. The van der Waals surface area contributed by atoms with Crippen LogP contribution in [0.5, 0.6) is 0 Å². The summed E-state index contributed by atoms with van der Waals surface area (Å²) in [5, 5.41) is 7.37. The topological polar surface area (TPSA) is 65.1 Å². The van der Waals surface area contributed by atoms with E-state index in [1.165, 1.54) is 0 Å². The van der Waals surface area contributed by atoms with E-state index in [4.69, 9.17) is 10.5 Å². The number of nitrogen functional groups attached to an aromatic ring is 1. The van der Waals surface area contributed by atoms with Crippen LogP contribution in [0.3, 0.4) is 0 Å². The Morgan fingerprint density at radius 1 is 1.62 bits per heavy atom. The SMILES string of the molecule is CNCc1cnn(CC(C)CCOC)c1N. The highest BCUT2D eigenvalue weighted by Crippen LogP contribution is 2.14. The molecular weight excluding hydrogens is 204 g/mol. The van der Waals surface area contributed by atoms with Crippen molar-refractivity contribution in [2.24, 2.45) is 5.92 Å². The summed E-state index contributed by atoms with van der Waals surface area (Å²) in [7, 11) is 3.62. The molecule has 0 aliphatic carbocycles. The van der Waals surface area contributed by atoms with Gasteiger partial charge in [-0.2, -0.15) is 5.10 Å². The molecule has 0 spiro atoms. The van der Waals surface area contributed by atoms with Gasteiger partial charge < -0.3 is 15.8 Å². The predicted octanol–water partition coefficient (Wildman–Crippen LogP) is 0.857. The Labute approximate surface area is 97.0 Å². The van der Waals surface area contributed by atoms with Crippen molar-refractivity contribution in [2.75, 3.05) is 26.5 Å². The van der Waals surface area contributed by atoms with Gasteiger partial charge in [-0.15, -0.1) is 0 Å². The van der Waals surface area contributed by atoms with Crippen molar-refractivity contribution >= 4 is 5.82 Å². The van der Waals surface area contributed by atoms with E-state index in [-0.39, 0.29) is 0 Å². The third kappa shape index (κ3) is 3.50. The van der Waals surface area contributed by atoms with Crippen LogP contribution in [-0.2, 0) is 17.8 Å². The molecule has 1 unspecified atom stereocenters. The number of hydrogen-bond acceptors (Lipinski definition) is 4. The third-order valence-electron chi connectivity index (χ3n) is 2.63. The van der Waals surface area contributed by atoms with E-state index in [1.54, 1.807) is 7.11 Å². The summed E-state index contributed by atoms with van der Waals surface area (Å²) in [5.74, 6) is 1.28. The Hall–Kier alpha value is -1.07. The largest absolute Gasteiger partial charge is 0.385 e. The summed E-state index contributed by atoms with van der Waals surface area (Å²) < 4.78 is 6.92. The fourth-order valence-electron chi connectivity index (χ4n) is 1.61. The number of hydrogen-bond donors (Lipinski definition) is 2. The second-order valence-electron chi connectivity index (χ2n) is 4.15. The molecular formula is C11H22N4O. The first kappa shape index (κ1) is 13.0. The number of nitrogens with zero attached hydrogens (tertiary/aromatic N) is 2. The van der Waals surface area contributed by atoms with Crippen LogP contribution in [0.4, 0.5) is 5.82 Å². The van der Waals surface area contributed by atoms with E-state index in [0.717, 1.165) is 37.5 Å². The number of anilines is 1. The molecule has 0 aliphatic heterocycles. The minimum Gasteiger partial charge on any atom is -0.385 e. The highest BCUT2D eigenvalue weighted by Gasteiger charge is 2.09. The molecule has 0 saturated heterocycles. The average Bonchev–Trinajstić information content (AvgIpc) is 2.59. The first-order valence-corrected chi connectivity index (χ1v) is 5.62. The van der Waals surface area contributed by atoms with E-state index in [9.17, 15) is 0 Å². The van der Waals surface area contributed by atoms with Crippen LogP contribution in [-0.4, -0.2) is 30.5 Å². The Morgan fingerprint density at radius 2 is 2.38 bits per heavy atom. The van der Waals surface area contributed by atoms with Gasteiger partial charge >= 0.3 is 0 Å². The first-order chi connectivity index (χ1) is 7.69. The monoisotopic (exact) mass is 226 g/mol. The van der Waals surface area contributed by atoms with Crippen molar-refractivity contribution in [1.82, 2.24) is 15.1 Å². The van der Waals surface area contributed by atoms with Crippen LogP contribution >= 0.6 is 0 Å². The normalized spacial score (nSPS) is 12.9. The molecule has 16 heavy (non-hydrogen) atoms. The summed E-state index contributed by atoms with van der Waals surface area (Å²) >= 11 is 0. The molecule has 0 aliphatic rings. The van der Waals surface area contributed by atoms with Gasteiger partial charge in [0, 0.05) is 32.4 Å². The van der Waals surface area contributed by atoms with Crippen molar-refractivity contribution in [1.29, 1.82) is 0 Å². The smallest absolute Gasteiger partial charge is 0.126 e. The molecule has 1 aromatic heterocycles. The fourth-order valence-corrected chi connectivity index (χ4v) is 1.61. The number of methoxy groups -OCH3 is 1. The van der Waals surface area contributed by atoms with Crippen molar-refractivity contribution in [3.8, 4) is 0 Å². The molecule has 0 radical (unpaired) electrons. The Kier molecular flexibility index (Phi) is 5.28. The standard InChI is InChI=1S/C11H22N4O/c1-9(4-5-16-3)8-15-11(12)10(6-13-2)7-14-15/h7,9,13H,4-6,8,12H2,1-3H3. The summed E-state index contributed by atoms with van der Waals surface area (Å²) in [5.41, 5.74) is 7.05. The second kappa shape index (κ2) is 6.50. The van der Waals surface area contributed by atoms with Crippen LogP contribution in [0, 0.1) is 5.92 Å². The van der Waals surface area contributed by atoms with Gasteiger partial charge in [0.1, 0.15) is 5.82 Å². The minimum absolute atomic E-state index is 0.518. The maximum Gasteiger partial charge on any atom is 0.126 e. The third-order valence-corrected chi connectivity index (χ3v) is 2.63. The molecule has 1 atom stereocenters. The zero-order chi connectivity index (χ0) is 12.0. The molecule has 1 heterocycles. The van der Waals surface area contributed by atoms with E-state index in [1.807, 2.05) is 17.9 Å². The Balaban J connectivity index is 2.53. The van der Waals surface area contributed by atoms with E-state index in [2.05, 4.69) is 17.3 Å². The molecule has 0 fully saturated rings. The summed E-state index contributed by atoms with van der Waals surface area (Å²) in [6.07, 6.45) is 2.85. The molecule has 5 nitrogen and oxygen atoms in total. The second-order valence-corrected chi connectivity index (χ2v) is 4.15. The molecule has 0 saturated carbocycles. The van der Waals surface area contributed by atoms with Gasteiger partial charge in [0.05, 0.1) is 6.20 Å². The maximum atomic E-state index is 6.00. The van der Waals surface area contributed by atoms with Crippen molar-refractivity contribution < 1.29 is 4.74 Å². The number of nitrogens with one attached hydrogen (secondary N) is 1. The first-order valence-electron chi connectivity index (χ1n) is 5.62. The van der Waals surface area contributed by atoms with Crippen LogP contribution in [0.1, 0.15) is 18.9 Å². The van der Waals surface area contributed by atoms with Gasteiger partial charge in [0.25, 0.3) is 0 Å². The van der Waals surface area contributed by atoms with Gasteiger partial charge in [-0.25, -0.2) is 4.68 Å². The highest BCUT2D eigenvalue weighted by atomic mass is 16.5. The zero-order valence-electron chi connectivity index (χ0n) is 10.4. The van der Waals surface area contributed by atoms with E-state index >= 15 is 0 Å².